The van der Waals surface area contributed by atoms with Gasteiger partial charge in [-0.25, -0.2) is 18.4 Å². The van der Waals surface area contributed by atoms with Crippen molar-refractivity contribution in [3.8, 4) is 0 Å². The van der Waals surface area contributed by atoms with Gasteiger partial charge in [-0.2, -0.15) is 18.2 Å². The fourth-order valence-electron chi connectivity index (χ4n) is 3.11. The molecule has 0 unspecified atom stereocenters. The van der Waals surface area contributed by atoms with Gasteiger partial charge in [-0.15, -0.1) is 0 Å². The molecule has 2 aromatic heterocycles. The molecule has 0 atom stereocenters. The molecule has 0 amide bonds. The summed E-state index contributed by atoms with van der Waals surface area (Å²) in [5.41, 5.74) is -0.387. The number of nitrogens with zero attached hydrogens (tertiary/aromatic N) is 4. The molecule has 0 fully saturated rings. The normalized spacial score (nSPS) is 12.3. The number of benzene rings is 1. The third-order valence-electron chi connectivity index (χ3n) is 5.12. The number of sulfonamides is 1. The average molecular weight is 560 g/mol. The van der Waals surface area contributed by atoms with Gasteiger partial charge in [0, 0.05) is 51.5 Å². The Bertz CT molecular complexity index is 1400. The molecule has 0 radical (unpaired) electrons. The Morgan fingerprint density at radius 3 is 2.30 bits per heavy atom. The summed E-state index contributed by atoms with van der Waals surface area (Å²) in [6, 6.07) is 9.03. The lowest BCUT2D eigenvalue weighted by atomic mass is 10.2. The maximum absolute atomic E-state index is 13.6. The summed E-state index contributed by atoms with van der Waals surface area (Å²) in [5, 5.41) is 5.68. The molecule has 2 heterocycles. The van der Waals surface area contributed by atoms with E-state index in [1.807, 2.05) is 0 Å². The maximum atomic E-state index is 13.6. The molecule has 0 aliphatic heterocycles. The van der Waals surface area contributed by atoms with E-state index in [2.05, 4.69) is 25.6 Å². The van der Waals surface area contributed by atoms with Crippen LogP contribution in [0, 0.1) is 0 Å². The summed E-state index contributed by atoms with van der Waals surface area (Å²) in [5.74, 6) is -0.616. The van der Waals surface area contributed by atoms with Gasteiger partial charge in [-0.05, 0) is 30.3 Å². The van der Waals surface area contributed by atoms with E-state index < -0.39 is 35.2 Å². The SMILES string of the molecule is COP(=O)(OC)c1ccc(Nc2ncc(C(F)(F)F)c(NCc3cccnc3N(C)S(C)(=O)=O)n2)cc1. The molecular formula is C21H24F3N6O5PS. The Kier molecular flexibility index (Phi) is 8.42. The lowest BCUT2D eigenvalue weighted by Gasteiger charge is -2.20. The predicted molar refractivity (Wildman–Crippen MR) is 133 cm³/mol. The largest absolute Gasteiger partial charge is 0.421 e. The van der Waals surface area contributed by atoms with Crippen LogP contribution in [-0.2, 0) is 36.4 Å². The highest BCUT2D eigenvalue weighted by atomic mass is 32.2. The lowest BCUT2D eigenvalue weighted by molar-refractivity contribution is -0.137. The first-order chi connectivity index (χ1) is 17.3. The molecule has 0 saturated carbocycles. The Labute approximate surface area is 211 Å². The Morgan fingerprint density at radius 1 is 1.08 bits per heavy atom. The van der Waals surface area contributed by atoms with Gasteiger partial charge in [0.25, 0.3) is 0 Å². The molecule has 16 heteroatoms. The molecule has 0 aliphatic rings. The fraction of sp³-hybridized carbons (Fsp3) is 0.286. The van der Waals surface area contributed by atoms with E-state index in [4.69, 9.17) is 9.05 Å². The van der Waals surface area contributed by atoms with Crippen molar-refractivity contribution in [2.75, 3.05) is 42.5 Å². The highest BCUT2D eigenvalue weighted by molar-refractivity contribution is 7.92. The summed E-state index contributed by atoms with van der Waals surface area (Å²) in [6.45, 7) is -0.208. The van der Waals surface area contributed by atoms with Crippen molar-refractivity contribution in [1.29, 1.82) is 0 Å². The maximum Gasteiger partial charge on any atom is 0.421 e. The van der Waals surface area contributed by atoms with Gasteiger partial charge < -0.3 is 19.7 Å². The molecular weight excluding hydrogens is 536 g/mol. The number of halogens is 3. The molecule has 3 aromatic rings. The first-order valence-corrected chi connectivity index (χ1v) is 13.8. The van der Waals surface area contributed by atoms with E-state index in [0.717, 1.165) is 10.6 Å². The predicted octanol–water partition coefficient (Wildman–Crippen LogP) is 3.75. The van der Waals surface area contributed by atoms with Gasteiger partial charge >= 0.3 is 13.8 Å². The number of alkyl halides is 3. The van der Waals surface area contributed by atoms with Crippen LogP contribution < -0.4 is 20.2 Å². The first-order valence-electron chi connectivity index (χ1n) is 10.4. The van der Waals surface area contributed by atoms with Crippen LogP contribution in [0.15, 0.2) is 48.8 Å². The molecule has 1 aromatic carbocycles. The minimum Gasteiger partial charge on any atom is -0.365 e. The van der Waals surface area contributed by atoms with E-state index in [1.54, 1.807) is 0 Å². The van der Waals surface area contributed by atoms with Crippen LogP contribution >= 0.6 is 7.60 Å². The third kappa shape index (κ3) is 6.74. The average Bonchev–Trinajstić information content (AvgIpc) is 2.86. The van der Waals surface area contributed by atoms with Crippen molar-refractivity contribution >= 4 is 46.2 Å². The fourth-order valence-corrected chi connectivity index (χ4v) is 4.68. The smallest absolute Gasteiger partial charge is 0.365 e. The molecule has 11 nitrogen and oxygen atoms in total. The van der Waals surface area contributed by atoms with E-state index in [-0.39, 0.29) is 23.6 Å². The Balaban J connectivity index is 1.88. The minimum atomic E-state index is -4.76. The molecule has 0 aliphatic carbocycles. The van der Waals surface area contributed by atoms with Crippen molar-refractivity contribution in [2.24, 2.45) is 0 Å². The molecule has 0 spiro atoms. The first kappa shape index (κ1) is 28.3. The summed E-state index contributed by atoms with van der Waals surface area (Å²) in [7, 11) is -3.35. The van der Waals surface area contributed by atoms with E-state index in [0.29, 0.717) is 17.4 Å². The standard InChI is InChI=1S/C21H24F3N6O5PS/c1-30(37(4,32)33)19-14(6-5-11-25-19)12-26-18-17(21(22,23)24)13-27-20(29-18)28-15-7-9-16(10-8-15)36(31,34-2)35-3/h5-11,13H,12H2,1-4H3,(H2,26,27,28,29). The Morgan fingerprint density at radius 2 is 1.73 bits per heavy atom. The van der Waals surface area contributed by atoms with Crippen LogP contribution in [0.1, 0.15) is 11.1 Å². The van der Waals surface area contributed by atoms with Gasteiger partial charge in [0.05, 0.1) is 11.6 Å². The number of pyridine rings is 1. The number of rotatable bonds is 10. The topological polar surface area (TPSA) is 136 Å². The lowest BCUT2D eigenvalue weighted by Crippen LogP contribution is -2.27. The van der Waals surface area contributed by atoms with E-state index in [1.165, 1.54) is 63.9 Å². The molecule has 0 bridgehead atoms. The van der Waals surface area contributed by atoms with E-state index in [9.17, 15) is 26.2 Å². The van der Waals surface area contributed by atoms with Crippen LogP contribution in [0.2, 0.25) is 0 Å². The summed E-state index contributed by atoms with van der Waals surface area (Å²) in [4.78, 5) is 11.8. The molecule has 37 heavy (non-hydrogen) atoms. The zero-order chi connectivity index (χ0) is 27.4. The third-order valence-corrected chi connectivity index (χ3v) is 8.18. The van der Waals surface area contributed by atoms with Crippen molar-refractivity contribution in [3.05, 3.63) is 59.9 Å². The van der Waals surface area contributed by atoms with Crippen LogP contribution in [0.5, 0.6) is 0 Å². The van der Waals surface area contributed by atoms with Gasteiger partial charge in [0.15, 0.2) is 0 Å². The summed E-state index contributed by atoms with van der Waals surface area (Å²) >= 11 is 0. The van der Waals surface area contributed by atoms with Gasteiger partial charge in [0.1, 0.15) is 17.2 Å². The number of anilines is 4. The zero-order valence-electron chi connectivity index (χ0n) is 20.1. The van der Waals surface area contributed by atoms with Crippen molar-refractivity contribution in [3.63, 3.8) is 0 Å². The van der Waals surface area contributed by atoms with Crippen LogP contribution in [0.25, 0.3) is 0 Å². The number of hydrogen-bond donors (Lipinski definition) is 2. The highest BCUT2D eigenvalue weighted by Crippen LogP contribution is 2.45. The van der Waals surface area contributed by atoms with Crippen molar-refractivity contribution in [2.45, 2.75) is 12.7 Å². The molecule has 0 saturated heterocycles. The van der Waals surface area contributed by atoms with Crippen molar-refractivity contribution in [1.82, 2.24) is 15.0 Å². The summed E-state index contributed by atoms with van der Waals surface area (Å²) < 4.78 is 88.0. The van der Waals surface area contributed by atoms with Crippen LogP contribution in [0.3, 0.4) is 0 Å². The molecule has 200 valence electrons. The van der Waals surface area contributed by atoms with Gasteiger partial charge in [-0.1, -0.05) is 6.07 Å². The highest BCUT2D eigenvalue weighted by Gasteiger charge is 2.35. The minimum absolute atomic E-state index is 0.0583. The number of nitrogens with one attached hydrogen (secondary N) is 2. The second-order valence-electron chi connectivity index (χ2n) is 7.56. The number of aromatic nitrogens is 3. The monoisotopic (exact) mass is 560 g/mol. The van der Waals surface area contributed by atoms with Crippen LogP contribution in [-0.4, -0.2) is 50.9 Å². The molecule has 3 rings (SSSR count). The van der Waals surface area contributed by atoms with Crippen molar-refractivity contribution < 1.29 is 35.2 Å². The Hall–Kier alpha value is -3.26. The second kappa shape index (κ2) is 11.0. The van der Waals surface area contributed by atoms with E-state index >= 15 is 0 Å². The second-order valence-corrected chi connectivity index (χ2v) is 11.8. The van der Waals surface area contributed by atoms with Gasteiger partial charge in [-0.3, -0.25) is 8.87 Å². The van der Waals surface area contributed by atoms with Gasteiger partial charge in [0.2, 0.25) is 16.0 Å². The molecule has 2 N–H and O–H groups in total. The zero-order valence-corrected chi connectivity index (χ0v) is 21.9. The summed E-state index contributed by atoms with van der Waals surface area (Å²) in [6.07, 6.45) is -1.77. The van der Waals surface area contributed by atoms with Crippen LogP contribution in [0.4, 0.5) is 36.4 Å². The quantitative estimate of drug-likeness (QED) is 0.353. The number of hydrogen-bond acceptors (Lipinski definition) is 10.